The fourth-order valence-corrected chi connectivity index (χ4v) is 1.03. The quantitative estimate of drug-likeness (QED) is 0.368. The van der Waals surface area contributed by atoms with Crippen molar-refractivity contribution in [3.63, 3.8) is 0 Å². The first-order valence-electron chi connectivity index (χ1n) is 3.61. The smallest absolute Gasteiger partial charge is 0.339 e. The molecule has 8 N–H and O–H groups in total. The van der Waals surface area contributed by atoms with E-state index in [4.69, 9.17) is 10.2 Å². The van der Waals surface area contributed by atoms with Gasteiger partial charge in [-0.1, -0.05) is 0 Å². The summed E-state index contributed by atoms with van der Waals surface area (Å²) in [6, 6.07) is 0. The summed E-state index contributed by atoms with van der Waals surface area (Å²) >= 11 is 0. The highest BCUT2D eigenvalue weighted by Gasteiger charge is 2.32. The van der Waals surface area contributed by atoms with Gasteiger partial charge in [0.05, 0.1) is 0 Å². The molecular formula is C8H8F4N2O4. The van der Waals surface area contributed by atoms with Gasteiger partial charge in [-0.3, -0.25) is 0 Å². The molecule has 10 heteroatoms. The second-order valence-corrected chi connectivity index (χ2v) is 2.62. The van der Waals surface area contributed by atoms with Crippen LogP contribution >= 0.6 is 0 Å². The predicted molar refractivity (Wildman–Crippen MR) is 50.2 cm³/mol. The lowest BCUT2D eigenvalue weighted by Gasteiger charge is -2.06. The highest BCUT2D eigenvalue weighted by atomic mass is 19.2. The van der Waals surface area contributed by atoms with Crippen molar-refractivity contribution in [2.24, 2.45) is 0 Å². The molecule has 102 valence electrons. The summed E-state index contributed by atoms with van der Waals surface area (Å²) in [5.74, 6) is -13.7. The maximum absolute atomic E-state index is 12.9. The van der Waals surface area contributed by atoms with Crippen LogP contribution in [0.1, 0.15) is 20.7 Å². The first-order chi connectivity index (χ1) is 7.29. The summed E-state index contributed by atoms with van der Waals surface area (Å²) in [6.45, 7) is 0. The van der Waals surface area contributed by atoms with E-state index in [1.807, 2.05) is 0 Å². The number of benzene rings is 1. The lowest BCUT2D eigenvalue weighted by Crippen LogP contribution is -2.17. The van der Waals surface area contributed by atoms with Crippen LogP contribution in [0.15, 0.2) is 0 Å². The van der Waals surface area contributed by atoms with Crippen molar-refractivity contribution < 1.29 is 37.4 Å². The third-order valence-corrected chi connectivity index (χ3v) is 1.69. The van der Waals surface area contributed by atoms with Crippen molar-refractivity contribution in [2.75, 3.05) is 0 Å². The van der Waals surface area contributed by atoms with E-state index in [-0.39, 0.29) is 12.3 Å². The molecule has 0 radical (unpaired) electrons. The van der Waals surface area contributed by atoms with Crippen LogP contribution in [0.5, 0.6) is 0 Å². The molecule has 0 aromatic heterocycles. The average molecular weight is 272 g/mol. The molecule has 0 spiro atoms. The molecule has 1 aromatic rings. The molecule has 0 fully saturated rings. The maximum atomic E-state index is 12.9. The molecular weight excluding hydrogens is 264 g/mol. The Morgan fingerprint density at radius 1 is 0.667 bits per heavy atom. The van der Waals surface area contributed by atoms with E-state index in [0.717, 1.165) is 0 Å². The van der Waals surface area contributed by atoms with Gasteiger partial charge in [-0.15, -0.1) is 0 Å². The topological polar surface area (TPSA) is 145 Å². The predicted octanol–water partition coefficient (Wildman–Crippen LogP) is 1.96. The summed E-state index contributed by atoms with van der Waals surface area (Å²) in [5, 5.41) is 16.8. The molecule has 6 nitrogen and oxygen atoms in total. The van der Waals surface area contributed by atoms with Crippen LogP contribution in [-0.4, -0.2) is 22.2 Å². The number of carboxylic acids is 2. The Hall–Kier alpha value is -2.20. The minimum atomic E-state index is -2.38. The maximum Gasteiger partial charge on any atom is 0.339 e. The summed E-state index contributed by atoms with van der Waals surface area (Å²) in [5.41, 5.74) is -3.52. The number of halogens is 4. The van der Waals surface area contributed by atoms with Gasteiger partial charge >= 0.3 is 11.9 Å². The Morgan fingerprint density at radius 3 is 1.06 bits per heavy atom. The Bertz CT molecular complexity index is 462. The molecule has 18 heavy (non-hydrogen) atoms. The molecule has 0 unspecified atom stereocenters. The molecule has 0 bridgehead atoms. The SMILES string of the molecule is N.N.O=C(O)c1c(F)c(F)c(F)c(F)c1C(=O)O. The lowest BCUT2D eigenvalue weighted by molar-refractivity contribution is 0.0639. The van der Waals surface area contributed by atoms with Gasteiger partial charge in [0, 0.05) is 0 Å². The number of hydrogen-bond acceptors (Lipinski definition) is 4. The fraction of sp³-hybridized carbons (Fsp3) is 0. The first-order valence-corrected chi connectivity index (χ1v) is 3.61. The number of hydrogen-bond donors (Lipinski definition) is 4. The van der Waals surface area contributed by atoms with Crippen molar-refractivity contribution in [1.29, 1.82) is 0 Å². The van der Waals surface area contributed by atoms with Crippen molar-refractivity contribution in [1.82, 2.24) is 12.3 Å². The summed E-state index contributed by atoms with van der Waals surface area (Å²) in [7, 11) is 0. The molecule has 0 saturated carbocycles. The van der Waals surface area contributed by atoms with E-state index in [1.165, 1.54) is 0 Å². The van der Waals surface area contributed by atoms with Gasteiger partial charge in [0.2, 0.25) is 0 Å². The summed E-state index contributed by atoms with van der Waals surface area (Å²) < 4.78 is 51.0. The van der Waals surface area contributed by atoms with Crippen LogP contribution in [0.4, 0.5) is 17.6 Å². The third kappa shape index (κ3) is 2.55. The molecule has 0 aliphatic heterocycles. The third-order valence-electron chi connectivity index (χ3n) is 1.69. The number of rotatable bonds is 2. The van der Waals surface area contributed by atoms with Gasteiger partial charge in [-0.25, -0.2) is 27.2 Å². The lowest BCUT2D eigenvalue weighted by atomic mass is 10.1. The van der Waals surface area contributed by atoms with E-state index in [9.17, 15) is 27.2 Å². The number of aromatic carboxylic acids is 2. The monoisotopic (exact) mass is 272 g/mol. The molecule has 0 atom stereocenters. The van der Waals surface area contributed by atoms with E-state index in [0.29, 0.717) is 0 Å². The molecule has 0 saturated heterocycles. The minimum absolute atomic E-state index is 0. The molecule has 0 heterocycles. The van der Waals surface area contributed by atoms with Crippen molar-refractivity contribution in [3.8, 4) is 0 Å². The molecule has 1 rings (SSSR count). The van der Waals surface area contributed by atoms with Gasteiger partial charge in [0.1, 0.15) is 11.1 Å². The number of carbonyl (C=O) groups is 2. The first kappa shape index (κ1) is 18.2. The van der Waals surface area contributed by atoms with Gasteiger partial charge in [-0.05, 0) is 0 Å². The number of carboxylic acid groups (broad SMARTS) is 2. The minimum Gasteiger partial charge on any atom is -0.478 e. The highest BCUT2D eigenvalue weighted by molar-refractivity contribution is 6.02. The summed E-state index contributed by atoms with van der Waals surface area (Å²) in [4.78, 5) is 20.8. The second-order valence-electron chi connectivity index (χ2n) is 2.62. The Morgan fingerprint density at radius 2 is 0.889 bits per heavy atom. The van der Waals surface area contributed by atoms with Gasteiger partial charge < -0.3 is 22.5 Å². The Balaban J connectivity index is 0. The largest absolute Gasteiger partial charge is 0.478 e. The van der Waals surface area contributed by atoms with E-state index in [1.54, 1.807) is 0 Å². The van der Waals surface area contributed by atoms with Crippen LogP contribution < -0.4 is 12.3 Å². The Labute approximate surface area is 97.0 Å². The van der Waals surface area contributed by atoms with Crippen molar-refractivity contribution in [2.45, 2.75) is 0 Å². The van der Waals surface area contributed by atoms with Crippen LogP contribution in [0.25, 0.3) is 0 Å². The second kappa shape index (κ2) is 5.93. The molecule has 0 aliphatic carbocycles. The fourth-order valence-electron chi connectivity index (χ4n) is 1.03. The standard InChI is InChI=1S/C8H2F4O4.2H3N/c9-3-1(7(13)14)2(8(15)16)4(10)6(12)5(3)11;;/h(H,13,14)(H,15,16);2*1H3. The van der Waals surface area contributed by atoms with Crippen molar-refractivity contribution in [3.05, 3.63) is 34.4 Å². The van der Waals surface area contributed by atoms with E-state index < -0.39 is 46.3 Å². The van der Waals surface area contributed by atoms with Gasteiger partial charge in [-0.2, -0.15) is 0 Å². The average Bonchev–Trinajstić information content (AvgIpc) is 2.18. The molecule has 1 aromatic carbocycles. The van der Waals surface area contributed by atoms with Crippen molar-refractivity contribution >= 4 is 11.9 Å². The van der Waals surface area contributed by atoms with Crippen LogP contribution in [0.3, 0.4) is 0 Å². The summed E-state index contributed by atoms with van der Waals surface area (Å²) in [6.07, 6.45) is 0. The Kier molecular flexibility index (Phi) is 5.99. The highest BCUT2D eigenvalue weighted by Crippen LogP contribution is 2.24. The van der Waals surface area contributed by atoms with E-state index in [2.05, 4.69) is 0 Å². The zero-order valence-corrected chi connectivity index (χ0v) is 8.64. The zero-order valence-electron chi connectivity index (χ0n) is 8.64. The van der Waals surface area contributed by atoms with E-state index >= 15 is 0 Å². The molecule has 0 aliphatic rings. The molecule has 0 amide bonds. The zero-order chi connectivity index (χ0) is 12.6. The van der Waals surface area contributed by atoms with Crippen LogP contribution in [0.2, 0.25) is 0 Å². The van der Waals surface area contributed by atoms with Crippen LogP contribution in [0, 0.1) is 23.3 Å². The van der Waals surface area contributed by atoms with Gasteiger partial charge in [0.25, 0.3) is 0 Å². The normalized spacial score (nSPS) is 9.11. The van der Waals surface area contributed by atoms with Gasteiger partial charge in [0.15, 0.2) is 23.3 Å². The van der Waals surface area contributed by atoms with Crippen LogP contribution in [-0.2, 0) is 0 Å².